The molecular weight excluding hydrogens is 250 g/mol. The highest BCUT2D eigenvalue weighted by Gasteiger charge is 2.32. The van der Waals surface area contributed by atoms with E-state index in [1.807, 2.05) is 0 Å². The molecule has 1 amide bonds. The third-order valence-electron chi connectivity index (χ3n) is 2.96. The molecule has 0 aliphatic heterocycles. The van der Waals surface area contributed by atoms with E-state index in [1.54, 1.807) is 23.1 Å². The van der Waals surface area contributed by atoms with Gasteiger partial charge < -0.3 is 10.6 Å². The minimum Gasteiger partial charge on any atom is -0.398 e. The highest BCUT2D eigenvalue weighted by Crippen LogP contribution is 2.29. The molecule has 0 bridgehead atoms. The Labute approximate surface area is 111 Å². The molecule has 18 heavy (non-hydrogen) atoms. The van der Waals surface area contributed by atoms with Gasteiger partial charge in [0.25, 0.3) is 5.91 Å². The van der Waals surface area contributed by atoms with Gasteiger partial charge in [-0.25, -0.2) is 0 Å². The van der Waals surface area contributed by atoms with E-state index in [-0.39, 0.29) is 11.9 Å². The summed E-state index contributed by atoms with van der Waals surface area (Å²) in [5.41, 5.74) is 6.63. The minimum absolute atomic E-state index is 0.0730. The van der Waals surface area contributed by atoms with Gasteiger partial charge in [0, 0.05) is 18.2 Å². The highest BCUT2D eigenvalue weighted by molar-refractivity contribution is 6.33. The maximum atomic E-state index is 12.3. The summed E-state index contributed by atoms with van der Waals surface area (Å²) in [4.78, 5) is 14.1. The van der Waals surface area contributed by atoms with Crippen LogP contribution < -0.4 is 5.73 Å². The van der Waals surface area contributed by atoms with Gasteiger partial charge in [-0.05, 0) is 31.0 Å². The third kappa shape index (κ3) is 2.74. The third-order valence-corrected chi connectivity index (χ3v) is 3.30. The second kappa shape index (κ2) is 5.28. The summed E-state index contributed by atoms with van der Waals surface area (Å²) in [5, 5.41) is 9.07. The van der Waals surface area contributed by atoms with E-state index in [9.17, 15) is 4.79 Å². The lowest BCUT2D eigenvalue weighted by Gasteiger charge is -2.21. The maximum Gasteiger partial charge on any atom is 0.254 e. The quantitative estimate of drug-likeness (QED) is 0.848. The Hall–Kier alpha value is -1.73. The van der Waals surface area contributed by atoms with Crippen molar-refractivity contribution in [3.8, 4) is 6.07 Å². The van der Waals surface area contributed by atoms with Crippen LogP contribution in [0.15, 0.2) is 18.2 Å². The van der Waals surface area contributed by atoms with Gasteiger partial charge in [0.2, 0.25) is 0 Å². The highest BCUT2D eigenvalue weighted by atomic mass is 35.5. The van der Waals surface area contributed by atoms with Gasteiger partial charge in [-0.3, -0.25) is 4.79 Å². The average molecular weight is 264 g/mol. The molecule has 0 unspecified atom stereocenters. The zero-order valence-corrected chi connectivity index (χ0v) is 10.7. The summed E-state index contributed by atoms with van der Waals surface area (Å²) in [6.45, 7) is 0.475. The Bertz CT molecular complexity index is 505. The van der Waals surface area contributed by atoms with E-state index in [4.69, 9.17) is 22.6 Å². The van der Waals surface area contributed by atoms with Crippen LogP contribution in [-0.4, -0.2) is 23.4 Å². The molecule has 4 nitrogen and oxygen atoms in total. The first-order chi connectivity index (χ1) is 8.63. The number of nitriles is 1. The average Bonchev–Trinajstić information content (AvgIpc) is 3.17. The topological polar surface area (TPSA) is 70.1 Å². The second-order valence-electron chi connectivity index (χ2n) is 4.37. The molecule has 1 aromatic rings. The van der Waals surface area contributed by atoms with E-state index in [2.05, 4.69) is 6.07 Å². The Balaban J connectivity index is 2.17. The SMILES string of the molecule is N#CCCN(C(=O)c1ccc(Cl)c(N)c1)C1CC1. The van der Waals surface area contributed by atoms with E-state index >= 15 is 0 Å². The van der Waals surface area contributed by atoms with E-state index < -0.39 is 0 Å². The van der Waals surface area contributed by atoms with Gasteiger partial charge in [0.05, 0.1) is 23.2 Å². The monoisotopic (exact) mass is 263 g/mol. The van der Waals surface area contributed by atoms with Crippen molar-refractivity contribution < 1.29 is 4.79 Å². The molecule has 0 aromatic heterocycles. The van der Waals surface area contributed by atoms with Crippen LogP contribution in [0.4, 0.5) is 5.69 Å². The van der Waals surface area contributed by atoms with Crippen molar-refractivity contribution in [3.63, 3.8) is 0 Å². The number of nitrogens with two attached hydrogens (primary N) is 1. The molecule has 0 atom stereocenters. The molecule has 1 saturated carbocycles. The lowest BCUT2D eigenvalue weighted by Crippen LogP contribution is -2.33. The van der Waals surface area contributed by atoms with Crippen LogP contribution in [0.1, 0.15) is 29.6 Å². The molecule has 94 valence electrons. The summed E-state index contributed by atoms with van der Waals surface area (Å²) in [6.07, 6.45) is 2.38. The van der Waals surface area contributed by atoms with Gasteiger partial charge in [0.15, 0.2) is 0 Å². The Morgan fingerprint density at radius 3 is 2.83 bits per heavy atom. The predicted molar refractivity (Wildman–Crippen MR) is 70.2 cm³/mol. The first kappa shape index (κ1) is 12.7. The van der Waals surface area contributed by atoms with Crippen LogP contribution in [0.2, 0.25) is 5.02 Å². The number of carbonyl (C=O) groups excluding carboxylic acids is 1. The second-order valence-corrected chi connectivity index (χ2v) is 4.78. The van der Waals surface area contributed by atoms with Crippen molar-refractivity contribution in [2.75, 3.05) is 12.3 Å². The molecule has 1 aliphatic rings. The Kier molecular flexibility index (Phi) is 3.73. The molecule has 0 radical (unpaired) electrons. The van der Waals surface area contributed by atoms with Crippen LogP contribution in [0, 0.1) is 11.3 Å². The fraction of sp³-hybridized carbons (Fsp3) is 0.385. The number of benzene rings is 1. The standard InChI is InChI=1S/C13H14ClN3O/c14-11-5-2-9(8-12(11)16)13(18)17(7-1-6-15)10-3-4-10/h2,5,8,10H,1,3-4,7,16H2. The summed E-state index contributed by atoms with van der Waals surface area (Å²) >= 11 is 5.83. The van der Waals surface area contributed by atoms with Crippen LogP contribution in [0.25, 0.3) is 0 Å². The first-order valence-electron chi connectivity index (χ1n) is 5.86. The molecule has 1 fully saturated rings. The summed E-state index contributed by atoms with van der Waals surface area (Å²) in [5.74, 6) is -0.0730. The summed E-state index contributed by atoms with van der Waals surface area (Å²) < 4.78 is 0. The molecule has 1 aromatic carbocycles. The van der Waals surface area contributed by atoms with Crippen molar-refractivity contribution in [2.45, 2.75) is 25.3 Å². The van der Waals surface area contributed by atoms with Crippen molar-refractivity contribution in [1.82, 2.24) is 4.90 Å². The molecular formula is C13H14ClN3O. The van der Waals surface area contributed by atoms with Crippen LogP contribution in [-0.2, 0) is 0 Å². The maximum absolute atomic E-state index is 12.3. The Morgan fingerprint density at radius 2 is 2.28 bits per heavy atom. The van der Waals surface area contributed by atoms with Crippen molar-refractivity contribution in [3.05, 3.63) is 28.8 Å². The zero-order chi connectivity index (χ0) is 13.1. The van der Waals surface area contributed by atoms with E-state index in [1.165, 1.54) is 0 Å². The Morgan fingerprint density at radius 1 is 1.56 bits per heavy atom. The van der Waals surface area contributed by atoms with Crippen molar-refractivity contribution in [2.24, 2.45) is 0 Å². The minimum atomic E-state index is -0.0730. The fourth-order valence-corrected chi connectivity index (χ4v) is 1.97. The number of anilines is 1. The largest absolute Gasteiger partial charge is 0.398 e. The molecule has 1 aliphatic carbocycles. The van der Waals surface area contributed by atoms with Crippen molar-refractivity contribution >= 4 is 23.2 Å². The first-order valence-corrected chi connectivity index (χ1v) is 6.24. The predicted octanol–water partition coefficient (Wildman–Crippen LogP) is 2.44. The van der Waals surface area contributed by atoms with Gasteiger partial charge >= 0.3 is 0 Å². The molecule has 5 heteroatoms. The number of nitrogens with zero attached hydrogens (tertiary/aromatic N) is 2. The number of rotatable bonds is 4. The lowest BCUT2D eigenvalue weighted by molar-refractivity contribution is 0.0747. The number of nitrogen functional groups attached to an aromatic ring is 1. The smallest absolute Gasteiger partial charge is 0.254 e. The summed E-state index contributed by atoms with van der Waals surface area (Å²) in [7, 11) is 0. The molecule has 0 heterocycles. The fourth-order valence-electron chi connectivity index (χ4n) is 1.85. The van der Waals surface area contributed by atoms with Crippen LogP contribution in [0.5, 0.6) is 0 Å². The van der Waals surface area contributed by atoms with Gasteiger partial charge in [-0.15, -0.1) is 0 Å². The number of hydrogen-bond donors (Lipinski definition) is 1. The molecule has 0 spiro atoms. The van der Waals surface area contributed by atoms with E-state index in [0.717, 1.165) is 12.8 Å². The van der Waals surface area contributed by atoms with Gasteiger partial charge in [-0.1, -0.05) is 11.6 Å². The number of hydrogen-bond acceptors (Lipinski definition) is 3. The van der Waals surface area contributed by atoms with Gasteiger partial charge in [-0.2, -0.15) is 5.26 Å². The number of halogens is 1. The number of amides is 1. The number of carbonyl (C=O) groups is 1. The molecule has 2 N–H and O–H groups in total. The molecule has 2 rings (SSSR count). The van der Waals surface area contributed by atoms with Crippen LogP contribution >= 0.6 is 11.6 Å². The van der Waals surface area contributed by atoms with Crippen molar-refractivity contribution in [1.29, 1.82) is 5.26 Å². The zero-order valence-electron chi connectivity index (χ0n) is 9.90. The lowest BCUT2D eigenvalue weighted by atomic mass is 10.1. The normalized spacial score (nSPS) is 14.0. The van der Waals surface area contributed by atoms with Gasteiger partial charge in [0.1, 0.15) is 0 Å². The van der Waals surface area contributed by atoms with Crippen LogP contribution in [0.3, 0.4) is 0 Å². The molecule has 0 saturated heterocycles. The van der Waals surface area contributed by atoms with E-state index in [0.29, 0.717) is 29.2 Å². The summed E-state index contributed by atoms with van der Waals surface area (Å²) in [6, 6.07) is 7.23.